The molecule has 0 fully saturated rings. The van der Waals surface area contributed by atoms with Crippen LogP contribution in [0.3, 0.4) is 0 Å². The van der Waals surface area contributed by atoms with Crippen LogP contribution in [0, 0.1) is 0 Å². The van der Waals surface area contributed by atoms with E-state index in [0.717, 1.165) is 64.6 Å². The standard InChI is InChI=1S/C50H30/c1-2-8-31(9-3-1)38-28-39(30-40(29-38)42-24-20-36-18-16-32-10-6-12-34-22-26-45(42)49(36)47(32)34)41-14-4-5-15-43(41)44-25-21-37-19-17-33-11-7-13-35-23-27-46(44)50(37)48(33)35/h1-30H/i4D,5D,14D,15D,28D,29D,30D. The van der Waals surface area contributed by atoms with Crippen LogP contribution in [-0.2, 0) is 0 Å². The average Bonchev–Trinajstić information content (AvgIpc) is 3.24. The molecule has 11 rings (SSSR count). The molecular weight excluding hydrogens is 601 g/mol. The summed E-state index contributed by atoms with van der Waals surface area (Å²) in [5.41, 5.74) is 2.78. The van der Waals surface area contributed by atoms with Crippen LogP contribution in [0.25, 0.3) is 109 Å². The first-order chi connectivity index (χ1) is 27.7. The van der Waals surface area contributed by atoms with Gasteiger partial charge in [0.2, 0.25) is 0 Å². The van der Waals surface area contributed by atoms with Crippen LogP contribution in [0.4, 0.5) is 0 Å². The molecule has 0 spiro atoms. The fourth-order valence-electron chi connectivity index (χ4n) is 8.09. The molecule has 0 nitrogen and oxygen atoms in total. The summed E-state index contributed by atoms with van der Waals surface area (Å²) in [5.74, 6) is 0. The van der Waals surface area contributed by atoms with Crippen LogP contribution in [0.5, 0.6) is 0 Å². The van der Waals surface area contributed by atoms with Crippen LogP contribution in [-0.4, -0.2) is 0 Å². The summed E-state index contributed by atoms with van der Waals surface area (Å²) < 4.78 is 66.7. The van der Waals surface area contributed by atoms with Gasteiger partial charge in [-0.15, -0.1) is 0 Å². The van der Waals surface area contributed by atoms with Crippen molar-refractivity contribution in [3.8, 4) is 44.5 Å². The van der Waals surface area contributed by atoms with Crippen molar-refractivity contribution in [2.45, 2.75) is 0 Å². The third-order valence-corrected chi connectivity index (χ3v) is 10.3. The van der Waals surface area contributed by atoms with E-state index in [-0.39, 0.29) is 52.5 Å². The molecule has 0 aliphatic rings. The van der Waals surface area contributed by atoms with E-state index in [1.165, 1.54) is 0 Å². The van der Waals surface area contributed by atoms with Crippen LogP contribution in [0.1, 0.15) is 9.60 Å². The van der Waals surface area contributed by atoms with Gasteiger partial charge in [0.1, 0.15) is 0 Å². The highest BCUT2D eigenvalue weighted by Gasteiger charge is 2.18. The molecule has 0 bridgehead atoms. The molecule has 0 heteroatoms. The van der Waals surface area contributed by atoms with E-state index < -0.39 is 12.1 Å². The fraction of sp³-hybridized carbons (Fsp3) is 0. The molecule has 0 saturated heterocycles. The Morgan fingerprint density at radius 3 is 1.32 bits per heavy atom. The minimum atomic E-state index is -0.448. The quantitative estimate of drug-likeness (QED) is 0.168. The van der Waals surface area contributed by atoms with Crippen molar-refractivity contribution in [1.82, 2.24) is 0 Å². The molecule has 230 valence electrons. The van der Waals surface area contributed by atoms with Crippen LogP contribution >= 0.6 is 0 Å². The van der Waals surface area contributed by atoms with Crippen LogP contribution < -0.4 is 0 Å². The third-order valence-electron chi connectivity index (χ3n) is 10.3. The highest BCUT2D eigenvalue weighted by atomic mass is 14.2. The van der Waals surface area contributed by atoms with Gasteiger partial charge in [-0.25, -0.2) is 0 Å². The molecule has 50 heavy (non-hydrogen) atoms. The molecular formula is C50H30. The summed E-state index contributed by atoms with van der Waals surface area (Å²) in [5, 5.41) is 12.2. The minimum Gasteiger partial charge on any atom is -0.0622 e. The molecule has 0 unspecified atom stereocenters. The summed E-state index contributed by atoms with van der Waals surface area (Å²) in [4.78, 5) is 0. The molecule has 0 aromatic heterocycles. The second kappa shape index (κ2) is 10.5. The number of benzene rings is 11. The van der Waals surface area contributed by atoms with E-state index in [1.807, 2.05) is 84.9 Å². The highest BCUT2D eigenvalue weighted by Crippen LogP contribution is 2.45. The molecule has 0 aliphatic heterocycles. The normalized spacial score (nSPS) is 14.0. The summed E-state index contributed by atoms with van der Waals surface area (Å²) in [7, 11) is 0. The van der Waals surface area contributed by atoms with Gasteiger partial charge in [-0.3, -0.25) is 0 Å². The van der Waals surface area contributed by atoms with Crippen molar-refractivity contribution >= 4 is 64.6 Å². The molecule has 11 aromatic carbocycles. The van der Waals surface area contributed by atoms with Gasteiger partial charge < -0.3 is 0 Å². The van der Waals surface area contributed by atoms with Crippen LogP contribution in [0.15, 0.2) is 182 Å². The largest absolute Gasteiger partial charge is 0.0636 e. The topological polar surface area (TPSA) is 0 Å². The van der Waals surface area contributed by atoms with E-state index in [9.17, 15) is 6.85 Å². The lowest BCUT2D eigenvalue weighted by Gasteiger charge is -2.18. The molecule has 0 N–H and O–H groups in total. The zero-order valence-electron chi connectivity index (χ0n) is 33.8. The Bertz CT molecular complexity index is 3450. The van der Waals surface area contributed by atoms with E-state index >= 15 is 0 Å². The smallest absolute Gasteiger partial charge is 0.0622 e. The zero-order valence-corrected chi connectivity index (χ0v) is 26.8. The van der Waals surface area contributed by atoms with Gasteiger partial charge in [-0.2, -0.15) is 0 Å². The number of rotatable bonds is 4. The summed E-state index contributed by atoms with van der Waals surface area (Å²) in [6, 6.07) is 44.3. The lowest BCUT2D eigenvalue weighted by Crippen LogP contribution is -1.92. The first kappa shape index (κ1) is 21.5. The summed E-state index contributed by atoms with van der Waals surface area (Å²) in [6.07, 6.45) is 0. The number of hydrogen-bond acceptors (Lipinski definition) is 0. The van der Waals surface area contributed by atoms with Gasteiger partial charge in [0, 0.05) is 0 Å². The lowest BCUT2D eigenvalue weighted by atomic mass is 9.85. The molecule has 0 heterocycles. The Morgan fingerprint density at radius 2 is 0.720 bits per heavy atom. The van der Waals surface area contributed by atoms with Crippen molar-refractivity contribution in [3.63, 3.8) is 0 Å². The summed E-state index contributed by atoms with van der Waals surface area (Å²) in [6.45, 7) is 0. The maximum Gasteiger partial charge on any atom is 0.0636 e. The van der Waals surface area contributed by atoms with Gasteiger partial charge >= 0.3 is 0 Å². The predicted molar refractivity (Wildman–Crippen MR) is 216 cm³/mol. The number of hydrogen-bond donors (Lipinski definition) is 0. The Balaban J connectivity index is 1.30. The molecule has 0 aliphatic carbocycles. The Hall–Kier alpha value is -6.50. The lowest BCUT2D eigenvalue weighted by molar-refractivity contribution is 1.57. The molecule has 0 amide bonds. The minimum absolute atomic E-state index is 0.0140. The highest BCUT2D eigenvalue weighted by molar-refractivity contribution is 6.27. The van der Waals surface area contributed by atoms with Crippen molar-refractivity contribution in [1.29, 1.82) is 0 Å². The molecule has 0 atom stereocenters. The van der Waals surface area contributed by atoms with Gasteiger partial charge in [-0.05, 0) is 127 Å². The van der Waals surface area contributed by atoms with Crippen molar-refractivity contribution in [2.24, 2.45) is 0 Å². The Kier molecular flexibility index (Phi) is 4.51. The van der Waals surface area contributed by atoms with Gasteiger partial charge in [0.25, 0.3) is 0 Å². The predicted octanol–water partition coefficient (Wildman–Crippen LogP) is 14.1. The van der Waals surface area contributed by atoms with Crippen molar-refractivity contribution in [3.05, 3.63) is 182 Å². The van der Waals surface area contributed by atoms with E-state index in [2.05, 4.69) is 54.6 Å². The molecule has 0 saturated carbocycles. The Morgan fingerprint density at radius 1 is 0.280 bits per heavy atom. The average molecular weight is 638 g/mol. The van der Waals surface area contributed by atoms with E-state index in [1.54, 1.807) is 0 Å². The fourth-order valence-corrected chi connectivity index (χ4v) is 8.09. The van der Waals surface area contributed by atoms with Crippen LogP contribution in [0.2, 0.25) is 0 Å². The molecule has 0 radical (unpaired) electrons. The second-order valence-corrected chi connectivity index (χ2v) is 13.1. The second-order valence-electron chi connectivity index (χ2n) is 13.1. The maximum atomic E-state index is 10.1. The first-order valence-electron chi connectivity index (χ1n) is 20.4. The van der Waals surface area contributed by atoms with Gasteiger partial charge in [0.15, 0.2) is 0 Å². The van der Waals surface area contributed by atoms with Gasteiger partial charge in [0.05, 0.1) is 9.60 Å². The zero-order chi connectivity index (χ0) is 38.9. The van der Waals surface area contributed by atoms with E-state index in [4.69, 9.17) is 2.74 Å². The van der Waals surface area contributed by atoms with Gasteiger partial charge in [-0.1, -0.05) is 164 Å². The Labute approximate surface area is 300 Å². The van der Waals surface area contributed by atoms with Crippen molar-refractivity contribution < 1.29 is 9.60 Å². The first-order valence-corrected chi connectivity index (χ1v) is 16.9. The third kappa shape index (κ3) is 4.00. The van der Waals surface area contributed by atoms with E-state index in [0.29, 0.717) is 22.3 Å². The SMILES string of the molecule is [2H]c1c([2H])c([2H])c(-c2ccc3ccc4cccc5ccc2c3c45)c(-c2c([2H])c(-c3ccccc3)c([2H])c(-c3ccc4ccc5cccc6ccc3c4c56)c2[2H])c1[2H]. The maximum absolute atomic E-state index is 10.1. The monoisotopic (exact) mass is 637 g/mol. The summed E-state index contributed by atoms with van der Waals surface area (Å²) >= 11 is 0. The van der Waals surface area contributed by atoms with Crippen molar-refractivity contribution in [2.75, 3.05) is 0 Å². The molecule has 11 aromatic rings.